The summed E-state index contributed by atoms with van der Waals surface area (Å²) in [6, 6.07) is 12.8. The van der Waals surface area contributed by atoms with Gasteiger partial charge in [-0.15, -0.1) is 0 Å². The highest BCUT2D eigenvalue weighted by Crippen LogP contribution is 2.26. The smallest absolute Gasteiger partial charge is 0.195 e. The number of carbonyl (C=O) groups is 1. The molecular weight excluding hydrogens is 324 g/mol. The van der Waals surface area contributed by atoms with Gasteiger partial charge >= 0.3 is 0 Å². The van der Waals surface area contributed by atoms with Gasteiger partial charge < -0.3 is 10.7 Å². The van der Waals surface area contributed by atoms with Crippen molar-refractivity contribution in [2.24, 2.45) is 0 Å². The van der Waals surface area contributed by atoms with Crippen LogP contribution in [0.4, 0.5) is 5.69 Å². The van der Waals surface area contributed by atoms with Crippen molar-refractivity contribution < 1.29 is 4.79 Å². The van der Waals surface area contributed by atoms with Crippen molar-refractivity contribution >= 4 is 22.5 Å². The SMILES string of the molecule is CC.Nc1cccc(C(=O)c2c[nH]c3ncc(-c4cccnc4)cc23)c1. The summed E-state index contributed by atoms with van der Waals surface area (Å²) in [5, 5.41) is 0.781. The molecule has 0 saturated heterocycles. The highest BCUT2D eigenvalue weighted by molar-refractivity contribution is 6.16. The molecule has 1 aromatic carbocycles. The Morgan fingerprint density at radius 1 is 1.04 bits per heavy atom. The molecule has 5 nitrogen and oxygen atoms in total. The molecule has 0 aliphatic carbocycles. The van der Waals surface area contributed by atoms with E-state index in [0.717, 1.165) is 16.5 Å². The van der Waals surface area contributed by atoms with Gasteiger partial charge in [0.1, 0.15) is 5.65 Å². The second-order valence-corrected chi connectivity index (χ2v) is 5.52. The van der Waals surface area contributed by atoms with Gasteiger partial charge in [-0.05, 0) is 24.3 Å². The molecule has 0 atom stereocenters. The van der Waals surface area contributed by atoms with Gasteiger partial charge in [-0.3, -0.25) is 9.78 Å². The zero-order valence-electron chi connectivity index (χ0n) is 14.7. The lowest BCUT2D eigenvalue weighted by atomic mass is 10.0. The van der Waals surface area contributed by atoms with E-state index in [2.05, 4.69) is 15.0 Å². The van der Waals surface area contributed by atoms with Crippen LogP contribution in [0.15, 0.2) is 67.3 Å². The maximum Gasteiger partial charge on any atom is 0.195 e. The van der Waals surface area contributed by atoms with Gasteiger partial charge in [0, 0.05) is 58.1 Å². The van der Waals surface area contributed by atoms with Gasteiger partial charge in [-0.1, -0.05) is 32.0 Å². The van der Waals surface area contributed by atoms with E-state index < -0.39 is 0 Å². The molecule has 0 aliphatic heterocycles. The first-order valence-corrected chi connectivity index (χ1v) is 8.50. The number of nitrogen functional groups attached to an aromatic ring is 1. The predicted octanol–water partition coefficient (Wildman–Crippen LogP) is 4.46. The summed E-state index contributed by atoms with van der Waals surface area (Å²) in [6.07, 6.45) is 6.95. The summed E-state index contributed by atoms with van der Waals surface area (Å²) >= 11 is 0. The van der Waals surface area contributed by atoms with Crippen LogP contribution in [0.2, 0.25) is 0 Å². The zero-order valence-corrected chi connectivity index (χ0v) is 14.7. The first-order chi connectivity index (χ1) is 12.7. The van der Waals surface area contributed by atoms with Gasteiger partial charge in [-0.2, -0.15) is 0 Å². The third-order valence-corrected chi connectivity index (χ3v) is 3.92. The molecule has 26 heavy (non-hydrogen) atoms. The van der Waals surface area contributed by atoms with E-state index in [9.17, 15) is 4.79 Å². The average molecular weight is 344 g/mol. The van der Waals surface area contributed by atoms with Crippen LogP contribution in [0.3, 0.4) is 0 Å². The molecule has 0 radical (unpaired) electrons. The Morgan fingerprint density at radius 3 is 2.62 bits per heavy atom. The Labute approximate surface area is 151 Å². The minimum absolute atomic E-state index is 0.0845. The number of fused-ring (bicyclic) bond motifs is 1. The number of nitrogens with one attached hydrogen (secondary N) is 1. The van der Waals surface area contributed by atoms with Crippen molar-refractivity contribution in [3.05, 3.63) is 78.4 Å². The van der Waals surface area contributed by atoms with Crippen LogP contribution >= 0.6 is 0 Å². The number of ketones is 1. The molecular formula is C21H20N4O. The Morgan fingerprint density at radius 2 is 1.88 bits per heavy atom. The largest absolute Gasteiger partial charge is 0.399 e. The topological polar surface area (TPSA) is 84.7 Å². The van der Waals surface area contributed by atoms with E-state index in [0.29, 0.717) is 22.5 Å². The Bertz CT molecular complexity index is 1040. The second-order valence-electron chi connectivity index (χ2n) is 5.52. The van der Waals surface area contributed by atoms with E-state index in [1.54, 1.807) is 49.1 Å². The number of pyridine rings is 2. The number of benzene rings is 1. The van der Waals surface area contributed by atoms with E-state index in [1.165, 1.54) is 0 Å². The first-order valence-electron chi connectivity index (χ1n) is 8.50. The molecule has 0 aliphatic rings. The molecule has 0 saturated carbocycles. The molecule has 3 N–H and O–H groups in total. The number of carbonyl (C=O) groups excluding carboxylic acids is 1. The fraction of sp³-hybridized carbons (Fsp3) is 0.0952. The van der Waals surface area contributed by atoms with Crippen LogP contribution in [0.1, 0.15) is 29.8 Å². The van der Waals surface area contributed by atoms with Gasteiger partial charge in [0.15, 0.2) is 5.78 Å². The number of aromatic nitrogens is 3. The maximum absolute atomic E-state index is 12.8. The van der Waals surface area contributed by atoms with Crippen LogP contribution < -0.4 is 5.73 Å². The maximum atomic E-state index is 12.8. The number of nitrogens with two attached hydrogens (primary N) is 1. The Hall–Kier alpha value is -3.47. The number of nitrogens with zero attached hydrogens (tertiary/aromatic N) is 2. The Balaban J connectivity index is 0.000000948. The molecule has 130 valence electrons. The number of aromatic amines is 1. The number of hydrogen-bond acceptors (Lipinski definition) is 4. The minimum atomic E-state index is -0.0845. The highest BCUT2D eigenvalue weighted by atomic mass is 16.1. The molecule has 0 unspecified atom stereocenters. The molecule has 4 aromatic rings. The molecule has 5 heteroatoms. The minimum Gasteiger partial charge on any atom is -0.399 e. The lowest BCUT2D eigenvalue weighted by molar-refractivity contribution is 0.104. The van der Waals surface area contributed by atoms with Crippen molar-refractivity contribution in [2.75, 3.05) is 5.73 Å². The summed E-state index contributed by atoms with van der Waals surface area (Å²) in [4.78, 5) is 24.4. The monoisotopic (exact) mass is 344 g/mol. The quantitative estimate of drug-likeness (QED) is 0.424. The van der Waals surface area contributed by atoms with Crippen LogP contribution in [0.5, 0.6) is 0 Å². The summed E-state index contributed by atoms with van der Waals surface area (Å²) in [6.45, 7) is 4.00. The van der Waals surface area contributed by atoms with Crippen molar-refractivity contribution in [3.8, 4) is 11.1 Å². The molecule has 3 aromatic heterocycles. The van der Waals surface area contributed by atoms with Gasteiger partial charge in [0.2, 0.25) is 0 Å². The number of H-pyrrole nitrogens is 1. The summed E-state index contributed by atoms with van der Waals surface area (Å²) in [5.74, 6) is -0.0845. The van der Waals surface area contributed by atoms with Gasteiger partial charge in [0.05, 0.1) is 0 Å². The highest BCUT2D eigenvalue weighted by Gasteiger charge is 2.15. The lowest BCUT2D eigenvalue weighted by Gasteiger charge is -2.03. The van der Waals surface area contributed by atoms with Gasteiger partial charge in [0.25, 0.3) is 0 Å². The molecule has 0 spiro atoms. The normalized spacial score (nSPS) is 10.2. The molecule has 4 rings (SSSR count). The second kappa shape index (κ2) is 7.61. The Kier molecular flexibility index (Phi) is 5.08. The van der Waals surface area contributed by atoms with E-state index in [4.69, 9.17) is 5.73 Å². The first kappa shape index (κ1) is 17.4. The average Bonchev–Trinajstić information content (AvgIpc) is 3.13. The van der Waals surface area contributed by atoms with Crippen molar-refractivity contribution in [2.45, 2.75) is 13.8 Å². The van der Waals surface area contributed by atoms with Gasteiger partial charge in [-0.25, -0.2) is 4.98 Å². The number of rotatable bonds is 3. The zero-order chi connectivity index (χ0) is 18.5. The summed E-state index contributed by atoms with van der Waals surface area (Å²) in [5.41, 5.74) is 10.0. The van der Waals surface area contributed by atoms with Crippen LogP contribution in [0.25, 0.3) is 22.2 Å². The van der Waals surface area contributed by atoms with Crippen LogP contribution in [0, 0.1) is 0 Å². The van der Waals surface area contributed by atoms with E-state index >= 15 is 0 Å². The van der Waals surface area contributed by atoms with Crippen LogP contribution in [-0.2, 0) is 0 Å². The molecule has 3 heterocycles. The fourth-order valence-electron chi connectivity index (χ4n) is 2.72. The van der Waals surface area contributed by atoms with E-state index in [1.807, 2.05) is 32.0 Å². The fourth-order valence-corrected chi connectivity index (χ4v) is 2.72. The van der Waals surface area contributed by atoms with Crippen molar-refractivity contribution in [1.82, 2.24) is 15.0 Å². The third kappa shape index (κ3) is 3.32. The predicted molar refractivity (Wildman–Crippen MR) is 105 cm³/mol. The summed E-state index contributed by atoms with van der Waals surface area (Å²) < 4.78 is 0. The molecule has 0 amide bonds. The summed E-state index contributed by atoms with van der Waals surface area (Å²) in [7, 11) is 0. The van der Waals surface area contributed by atoms with E-state index in [-0.39, 0.29) is 5.78 Å². The lowest BCUT2D eigenvalue weighted by Crippen LogP contribution is -2.01. The standard InChI is InChI=1S/C19H14N4O.C2H6/c20-15-5-1-3-12(7-15)18(24)17-11-23-19-16(17)8-14(10-22-19)13-4-2-6-21-9-13;1-2/h1-11H,20H2,(H,22,23);1-2H3. The van der Waals surface area contributed by atoms with Crippen molar-refractivity contribution in [3.63, 3.8) is 0 Å². The van der Waals surface area contributed by atoms with Crippen molar-refractivity contribution in [1.29, 1.82) is 0 Å². The molecule has 0 fully saturated rings. The third-order valence-electron chi connectivity index (χ3n) is 3.92. The number of anilines is 1. The number of hydrogen-bond donors (Lipinski definition) is 2. The van der Waals surface area contributed by atoms with Crippen LogP contribution in [-0.4, -0.2) is 20.7 Å². The molecule has 0 bridgehead atoms.